The molecule has 101 heavy (non-hydrogen) atoms. The van der Waals surface area contributed by atoms with E-state index in [2.05, 4.69) is 0 Å². The van der Waals surface area contributed by atoms with Crippen LogP contribution in [-0.2, 0) is 61.8 Å². The molecule has 4 fully saturated rings. The van der Waals surface area contributed by atoms with Gasteiger partial charge >= 0.3 is 23.7 Å². The summed E-state index contributed by atoms with van der Waals surface area (Å²) in [6.45, 7) is -3.32. The number of aliphatic hydroxyl groups is 15. The third-order valence-electron chi connectivity index (χ3n) is 16.4. The number of hydrogen-bond donors (Lipinski definition) is 20. The smallest absolute Gasteiger partial charge is 0.330 e. The van der Waals surface area contributed by atoms with Gasteiger partial charge in [-0.25, -0.2) is 14.4 Å². The van der Waals surface area contributed by atoms with Crippen LogP contribution < -0.4 is 4.74 Å². The van der Waals surface area contributed by atoms with Crippen molar-refractivity contribution in [2.45, 2.75) is 129 Å². The summed E-state index contributed by atoms with van der Waals surface area (Å²) in [6.07, 6.45) is -30.4. The maximum atomic E-state index is 13.4. The molecule has 35 nitrogen and oxygen atoms in total. The molecule has 0 spiro atoms. The van der Waals surface area contributed by atoms with E-state index in [4.69, 9.17) is 56.8 Å². The second kappa shape index (κ2) is 31.9. The van der Waals surface area contributed by atoms with Gasteiger partial charge in [-0.2, -0.15) is 0 Å². The Morgan fingerprint density at radius 1 is 0.436 bits per heavy atom. The molecule has 21 atom stereocenters. The first kappa shape index (κ1) is 74.1. The predicted octanol–water partition coefficient (Wildman–Crippen LogP) is -3.10. The Morgan fingerprint density at radius 2 is 0.901 bits per heavy atom. The summed E-state index contributed by atoms with van der Waals surface area (Å²) in [4.78, 5) is 38.8. The predicted molar refractivity (Wildman–Crippen MR) is 333 cm³/mol. The Hall–Kier alpha value is -9.61. The first-order valence-electron chi connectivity index (χ1n) is 30.7. The van der Waals surface area contributed by atoms with E-state index in [1.54, 1.807) is 0 Å². The van der Waals surface area contributed by atoms with Crippen molar-refractivity contribution in [2.75, 3.05) is 26.4 Å². The van der Waals surface area contributed by atoms with Crippen molar-refractivity contribution < 1.29 is 173 Å². The average molecular weight is 1420 g/mol. The summed E-state index contributed by atoms with van der Waals surface area (Å²) in [7, 11) is 0. The number of rotatable bonds is 22. The molecule has 21 unspecified atom stereocenters. The third-order valence-corrected chi connectivity index (χ3v) is 16.4. The lowest BCUT2D eigenvalue weighted by molar-refractivity contribution is -0.363. The van der Waals surface area contributed by atoms with Crippen LogP contribution in [0, 0.1) is 0 Å². The minimum atomic E-state index is -2.26. The molecule has 6 aliphatic rings. The topological polar surface area (TPSA) is 570 Å². The molecule has 544 valence electrons. The van der Waals surface area contributed by atoms with Crippen molar-refractivity contribution in [3.8, 4) is 46.0 Å². The summed E-state index contributed by atoms with van der Waals surface area (Å²) in [5.74, 6) is -8.50. The van der Waals surface area contributed by atoms with Gasteiger partial charge in [-0.05, 0) is 83.4 Å². The highest BCUT2D eigenvalue weighted by molar-refractivity contribution is 5.88. The number of esters is 3. The minimum Gasteiger partial charge on any atom is -0.571 e. The Labute approximate surface area is 569 Å². The molecule has 21 N–H and O–H groups in total. The van der Waals surface area contributed by atoms with Crippen molar-refractivity contribution in [1.82, 2.24) is 0 Å². The third kappa shape index (κ3) is 17.4. The Balaban J connectivity index is 0.874. The molecule has 35 heteroatoms. The van der Waals surface area contributed by atoms with E-state index < -0.39 is 214 Å². The van der Waals surface area contributed by atoms with E-state index in [-0.39, 0.29) is 56.6 Å². The van der Waals surface area contributed by atoms with Crippen LogP contribution in [0.4, 0.5) is 0 Å². The number of aliphatic hydroxyl groups excluding tert-OH is 13. The standard InChI is InChI=1S/C66H70O35/c67-22-43-50(79)54(83)58(87)64(97-43)95-41-20-32(70)19-40-33(41)21-42(61(93-40)29-6-8-35(72)37(74)17-29)96-66-62(101-65-60(89)56(85)52(81)45(99-65)24-90-47(76)10-3-26-1-7-34(71)36(73)15-26)57(86)53(82)46(100-66)25-92-48(77)11-4-27-2-9-39(38(75)16-27)94-63-59(88)55(84)51(80)44(98-63)23-91-49(78)12-5-28-13-30(68)18-31(69)14-28/h1-21,40,43-46,50-60,62-75,79-89H,22-25H2/p+1. The zero-order valence-electron chi connectivity index (χ0n) is 52.2. The number of carbonyl (C=O) groups is 3. The van der Waals surface area contributed by atoms with Gasteiger partial charge in [0.05, 0.1) is 23.8 Å². The van der Waals surface area contributed by atoms with Crippen molar-refractivity contribution in [2.24, 2.45) is 0 Å². The average Bonchev–Trinajstić information content (AvgIpc) is 0.762. The number of allylic oxidation sites excluding steroid dienone is 2. The van der Waals surface area contributed by atoms with Gasteiger partial charge in [0.15, 0.2) is 46.9 Å². The van der Waals surface area contributed by atoms with Crippen LogP contribution in [0.2, 0.25) is 0 Å². The molecule has 5 aliphatic heterocycles. The maximum absolute atomic E-state index is 13.4. The molecule has 0 radical (unpaired) electrons. The van der Waals surface area contributed by atoms with Gasteiger partial charge in [0.1, 0.15) is 134 Å². The molecule has 0 amide bonds. The first-order chi connectivity index (χ1) is 48.0. The summed E-state index contributed by atoms with van der Waals surface area (Å²) < 4.78 is 67.7. The minimum absolute atomic E-state index is 0.0340. The fourth-order valence-corrected chi connectivity index (χ4v) is 10.9. The molecule has 4 saturated heterocycles. The molecule has 0 aromatic heterocycles. The number of aromatic hydroxyl groups is 7. The zero-order valence-corrected chi connectivity index (χ0v) is 52.2. The van der Waals surface area contributed by atoms with Gasteiger partial charge in [-0.1, -0.05) is 12.1 Å². The van der Waals surface area contributed by atoms with E-state index in [1.165, 1.54) is 54.6 Å². The van der Waals surface area contributed by atoms with E-state index in [0.717, 1.165) is 72.8 Å². The Morgan fingerprint density at radius 3 is 1.45 bits per heavy atom. The van der Waals surface area contributed by atoms with Crippen molar-refractivity contribution in [3.05, 3.63) is 154 Å². The molecule has 4 aromatic carbocycles. The highest BCUT2D eigenvalue weighted by Gasteiger charge is 2.54. The van der Waals surface area contributed by atoms with E-state index >= 15 is 0 Å². The number of phenolic OH excluding ortho intramolecular Hbond substituents is 7. The van der Waals surface area contributed by atoms with Crippen LogP contribution in [-0.4, -0.2) is 280 Å². The van der Waals surface area contributed by atoms with Crippen LogP contribution in [0.25, 0.3) is 24.0 Å². The molecule has 0 saturated carbocycles. The van der Waals surface area contributed by atoms with E-state index in [1.807, 2.05) is 0 Å². The molecular formula is C66H71O35+. The quantitative estimate of drug-likeness (QED) is 0.0122. The molecule has 4 aromatic rings. The maximum Gasteiger partial charge on any atom is 0.330 e. The second-order valence-electron chi connectivity index (χ2n) is 23.5. The van der Waals surface area contributed by atoms with E-state index in [9.17, 15) is 117 Å². The monoisotopic (exact) mass is 1420 g/mol. The van der Waals surface area contributed by atoms with E-state index in [0.29, 0.717) is 0 Å². The summed E-state index contributed by atoms with van der Waals surface area (Å²) >= 11 is 0. The fraction of sp³-hybridized carbons (Fsp3) is 0.379. The molecule has 10 rings (SSSR count). The second-order valence-corrected chi connectivity index (χ2v) is 23.5. The Kier molecular flexibility index (Phi) is 23.4. The van der Waals surface area contributed by atoms with Gasteiger partial charge in [-0.15, -0.1) is 0 Å². The van der Waals surface area contributed by atoms with Crippen LogP contribution >= 0.6 is 0 Å². The van der Waals surface area contributed by atoms with Crippen molar-refractivity contribution >= 4 is 41.9 Å². The van der Waals surface area contributed by atoms with Gasteiger partial charge in [-0.3, -0.25) is 0 Å². The van der Waals surface area contributed by atoms with Crippen molar-refractivity contribution in [3.63, 3.8) is 0 Å². The lowest BCUT2D eigenvalue weighted by Gasteiger charge is -2.46. The fourth-order valence-electron chi connectivity index (χ4n) is 10.9. The highest BCUT2D eigenvalue weighted by atomic mass is 16.8. The molecule has 5 heterocycles. The normalized spacial score (nSPS) is 32.0. The first-order valence-corrected chi connectivity index (χ1v) is 30.7. The van der Waals surface area contributed by atoms with Crippen molar-refractivity contribution in [1.29, 1.82) is 0 Å². The van der Waals surface area contributed by atoms with Gasteiger partial charge in [0, 0.05) is 42.5 Å². The lowest BCUT2D eigenvalue weighted by atomic mass is 9.95. The Bertz CT molecular complexity index is 3860. The summed E-state index contributed by atoms with van der Waals surface area (Å²) in [6, 6.07) is 14.0. The van der Waals surface area contributed by atoms with Crippen LogP contribution in [0.15, 0.2) is 132 Å². The summed E-state index contributed by atoms with van der Waals surface area (Å²) in [5.41, 5.74) is 0.485. The largest absolute Gasteiger partial charge is 0.571 e. The molecule has 0 bridgehead atoms. The zero-order chi connectivity index (χ0) is 72.8. The number of carbonyl (C=O) groups excluding carboxylic acids is 3. The van der Waals surface area contributed by atoms with Crippen LogP contribution in [0.1, 0.15) is 22.3 Å². The molecule has 1 aliphatic carbocycles. The van der Waals surface area contributed by atoms with Crippen LogP contribution in [0.3, 0.4) is 0 Å². The van der Waals surface area contributed by atoms with Gasteiger partial charge < -0.3 is 159 Å². The number of phenols is 7. The number of ether oxygens (including phenoxy) is 12. The molecular weight excluding hydrogens is 1350 g/mol. The summed E-state index contributed by atoms with van der Waals surface area (Å²) in [5, 5.41) is 213. The lowest BCUT2D eigenvalue weighted by Crippen LogP contribution is -2.64. The number of fused-ring (bicyclic) bond motifs is 1. The number of hydrogen-bond acceptors (Lipinski definition) is 34. The highest BCUT2D eigenvalue weighted by Crippen LogP contribution is 2.42. The SMILES string of the molecule is O=C(C=Cc1cc(O)cc(O)c1)OCC1OC(Oc2ccc(C=CC(=O)OCC3OC(OC4=C(c5ccc(O)c(O)c5)[OH+]C5C=C(O)C=C(OC6OC(CO)C(O)C(O)C6O)C5=C4)C(OC4OC(COC(=O)C=Cc5ccc(O)c(O)c5)C(O)C(O)C4O)C(O)C3O)cc2O)C(O)C(O)C1O. The van der Waals surface area contributed by atoms with Gasteiger partial charge in [0.2, 0.25) is 30.7 Å². The van der Waals surface area contributed by atoms with Gasteiger partial charge in [0.25, 0.3) is 0 Å². The van der Waals surface area contributed by atoms with Crippen LogP contribution in [0.5, 0.6) is 46.0 Å². The number of benzene rings is 4.